The van der Waals surface area contributed by atoms with Crippen molar-refractivity contribution in [2.45, 2.75) is 40.7 Å². The molecule has 1 aromatic rings. The van der Waals surface area contributed by atoms with Crippen molar-refractivity contribution in [2.24, 2.45) is 11.3 Å². The van der Waals surface area contributed by atoms with Crippen LogP contribution in [0.15, 0.2) is 24.5 Å². The molecule has 1 rings (SSSR count). The van der Waals surface area contributed by atoms with Crippen molar-refractivity contribution in [3.63, 3.8) is 0 Å². The van der Waals surface area contributed by atoms with Crippen LogP contribution in [0.4, 0.5) is 0 Å². The lowest BCUT2D eigenvalue weighted by atomic mass is 9.91. The SMILES string of the molecule is CC(C)CCNC(=O)C(C)(C)C(=O)NCc1ccncc1. The van der Waals surface area contributed by atoms with Crippen LogP contribution in [0.25, 0.3) is 0 Å². The van der Waals surface area contributed by atoms with Crippen molar-refractivity contribution in [3.8, 4) is 0 Å². The lowest BCUT2D eigenvalue weighted by molar-refractivity contribution is -0.141. The fraction of sp³-hybridized carbons (Fsp3) is 0.562. The zero-order valence-corrected chi connectivity index (χ0v) is 13.3. The van der Waals surface area contributed by atoms with Gasteiger partial charge in [-0.05, 0) is 43.9 Å². The lowest BCUT2D eigenvalue weighted by Gasteiger charge is -2.23. The molecule has 2 N–H and O–H groups in total. The molecule has 5 nitrogen and oxygen atoms in total. The third-order valence-electron chi connectivity index (χ3n) is 3.34. The smallest absolute Gasteiger partial charge is 0.235 e. The maximum atomic E-state index is 12.2. The standard InChI is InChI=1S/C16H25N3O2/c1-12(2)5-10-18-14(20)16(3,4)15(21)19-11-13-6-8-17-9-7-13/h6-9,12H,5,10-11H2,1-4H3,(H,18,20)(H,19,21). The van der Waals surface area contributed by atoms with Crippen LogP contribution < -0.4 is 10.6 Å². The monoisotopic (exact) mass is 291 g/mol. The number of nitrogens with one attached hydrogen (secondary N) is 2. The van der Waals surface area contributed by atoms with Gasteiger partial charge >= 0.3 is 0 Å². The second-order valence-electron chi connectivity index (χ2n) is 6.10. The van der Waals surface area contributed by atoms with E-state index < -0.39 is 5.41 Å². The first-order chi connectivity index (χ1) is 9.84. The van der Waals surface area contributed by atoms with Gasteiger partial charge in [0.1, 0.15) is 5.41 Å². The average molecular weight is 291 g/mol. The number of carbonyl (C=O) groups excluding carboxylic acids is 2. The average Bonchev–Trinajstić information content (AvgIpc) is 2.45. The molecule has 0 saturated carbocycles. The van der Waals surface area contributed by atoms with Crippen LogP contribution in [-0.2, 0) is 16.1 Å². The number of nitrogens with zero attached hydrogens (tertiary/aromatic N) is 1. The number of hydrogen-bond donors (Lipinski definition) is 2. The Morgan fingerprint density at radius 3 is 2.29 bits per heavy atom. The molecule has 1 heterocycles. The minimum absolute atomic E-state index is 0.240. The van der Waals surface area contributed by atoms with Crippen molar-refractivity contribution in [1.29, 1.82) is 0 Å². The highest BCUT2D eigenvalue weighted by atomic mass is 16.2. The van der Waals surface area contributed by atoms with Crippen molar-refractivity contribution in [1.82, 2.24) is 15.6 Å². The van der Waals surface area contributed by atoms with E-state index in [0.29, 0.717) is 19.0 Å². The Labute approximate surface area is 126 Å². The van der Waals surface area contributed by atoms with E-state index in [4.69, 9.17) is 0 Å². The first-order valence-electron chi connectivity index (χ1n) is 7.29. The molecule has 0 saturated heterocycles. The summed E-state index contributed by atoms with van der Waals surface area (Å²) >= 11 is 0. The summed E-state index contributed by atoms with van der Waals surface area (Å²) in [5, 5.41) is 5.62. The molecule has 0 aliphatic heterocycles. The van der Waals surface area contributed by atoms with E-state index in [1.807, 2.05) is 12.1 Å². The van der Waals surface area contributed by atoms with Gasteiger partial charge in [0.25, 0.3) is 0 Å². The van der Waals surface area contributed by atoms with E-state index in [9.17, 15) is 9.59 Å². The van der Waals surface area contributed by atoms with Crippen LogP contribution in [0.5, 0.6) is 0 Å². The number of hydrogen-bond acceptors (Lipinski definition) is 3. The van der Waals surface area contributed by atoms with Crippen LogP contribution in [0, 0.1) is 11.3 Å². The van der Waals surface area contributed by atoms with Crippen LogP contribution in [0.1, 0.15) is 39.7 Å². The van der Waals surface area contributed by atoms with Gasteiger partial charge in [0.05, 0.1) is 0 Å². The van der Waals surface area contributed by atoms with Crippen molar-refractivity contribution < 1.29 is 9.59 Å². The van der Waals surface area contributed by atoms with Gasteiger partial charge in [0.2, 0.25) is 11.8 Å². The predicted molar refractivity (Wildman–Crippen MR) is 82.3 cm³/mol. The Kier molecular flexibility index (Phi) is 6.34. The van der Waals surface area contributed by atoms with Crippen molar-refractivity contribution >= 4 is 11.8 Å². The zero-order chi connectivity index (χ0) is 15.9. The number of amides is 2. The summed E-state index contributed by atoms with van der Waals surface area (Å²) in [6, 6.07) is 3.66. The molecule has 2 amide bonds. The van der Waals surface area contributed by atoms with Crippen LogP contribution >= 0.6 is 0 Å². The van der Waals surface area contributed by atoms with Crippen LogP contribution in [-0.4, -0.2) is 23.3 Å². The van der Waals surface area contributed by atoms with E-state index >= 15 is 0 Å². The fourth-order valence-electron chi connectivity index (χ4n) is 1.70. The molecule has 0 spiro atoms. The zero-order valence-electron chi connectivity index (χ0n) is 13.3. The summed E-state index contributed by atoms with van der Waals surface area (Å²) in [7, 11) is 0. The van der Waals surface area contributed by atoms with Gasteiger partial charge < -0.3 is 10.6 Å². The predicted octanol–water partition coefficient (Wildman–Crippen LogP) is 1.89. The van der Waals surface area contributed by atoms with Crippen molar-refractivity contribution in [2.75, 3.05) is 6.54 Å². The second kappa shape index (κ2) is 7.76. The molecule has 0 aliphatic rings. The second-order valence-corrected chi connectivity index (χ2v) is 6.10. The van der Waals surface area contributed by atoms with Gasteiger partial charge in [-0.1, -0.05) is 13.8 Å². The van der Waals surface area contributed by atoms with Gasteiger partial charge in [-0.25, -0.2) is 0 Å². The van der Waals surface area contributed by atoms with E-state index in [2.05, 4.69) is 29.5 Å². The molecule has 116 valence electrons. The molecule has 0 bridgehead atoms. The first-order valence-corrected chi connectivity index (χ1v) is 7.29. The molecule has 0 aliphatic carbocycles. The van der Waals surface area contributed by atoms with Crippen molar-refractivity contribution in [3.05, 3.63) is 30.1 Å². The Hall–Kier alpha value is -1.91. The third kappa shape index (κ3) is 5.53. The summed E-state index contributed by atoms with van der Waals surface area (Å²) < 4.78 is 0. The van der Waals surface area contributed by atoms with E-state index in [-0.39, 0.29) is 11.8 Å². The molecule has 0 atom stereocenters. The summed E-state index contributed by atoms with van der Waals surface area (Å²) in [4.78, 5) is 28.2. The Morgan fingerprint density at radius 1 is 1.14 bits per heavy atom. The van der Waals surface area contributed by atoms with Gasteiger partial charge in [0.15, 0.2) is 0 Å². The molecule has 0 aromatic carbocycles. The maximum absolute atomic E-state index is 12.2. The summed E-state index contributed by atoms with van der Waals surface area (Å²) in [5.41, 5.74) is -0.126. The third-order valence-corrected chi connectivity index (χ3v) is 3.34. The minimum atomic E-state index is -1.08. The van der Waals surface area contributed by atoms with Gasteiger partial charge in [0, 0.05) is 25.5 Å². The number of rotatable bonds is 7. The molecule has 5 heteroatoms. The number of aromatic nitrogens is 1. The normalized spacial score (nSPS) is 11.3. The topological polar surface area (TPSA) is 71.1 Å². The molecule has 0 unspecified atom stereocenters. The number of carbonyl (C=O) groups is 2. The highest BCUT2D eigenvalue weighted by molar-refractivity contribution is 6.04. The first kappa shape index (κ1) is 17.1. The van der Waals surface area contributed by atoms with E-state index in [1.165, 1.54) is 0 Å². The molecule has 1 aromatic heterocycles. The molecular formula is C16H25N3O2. The molecule has 21 heavy (non-hydrogen) atoms. The largest absolute Gasteiger partial charge is 0.355 e. The van der Waals surface area contributed by atoms with Gasteiger partial charge in [-0.15, -0.1) is 0 Å². The quantitative estimate of drug-likeness (QED) is 0.754. The fourth-order valence-corrected chi connectivity index (χ4v) is 1.70. The number of pyridine rings is 1. The Bertz CT molecular complexity index is 470. The highest BCUT2D eigenvalue weighted by Gasteiger charge is 2.35. The lowest BCUT2D eigenvalue weighted by Crippen LogP contribution is -2.47. The van der Waals surface area contributed by atoms with Gasteiger partial charge in [-0.3, -0.25) is 14.6 Å². The Balaban J connectivity index is 2.48. The molecule has 0 radical (unpaired) electrons. The summed E-state index contributed by atoms with van der Waals surface area (Å²) in [5.74, 6) is 0.00525. The van der Waals surface area contributed by atoms with E-state index in [1.54, 1.807) is 26.2 Å². The van der Waals surface area contributed by atoms with E-state index in [0.717, 1.165) is 12.0 Å². The maximum Gasteiger partial charge on any atom is 0.235 e. The highest BCUT2D eigenvalue weighted by Crippen LogP contribution is 2.16. The van der Waals surface area contributed by atoms with Gasteiger partial charge in [-0.2, -0.15) is 0 Å². The minimum Gasteiger partial charge on any atom is -0.355 e. The molecule has 0 fully saturated rings. The summed E-state index contributed by atoms with van der Waals surface area (Å²) in [6.07, 6.45) is 4.25. The Morgan fingerprint density at radius 2 is 1.71 bits per heavy atom. The molecular weight excluding hydrogens is 266 g/mol. The van der Waals surface area contributed by atoms with Crippen LogP contribution in [0.2, 0.25) is 0 Å². The summed E-state index contributed by atoms with van der Waals surface area (Å²) in [6.45, 7) is 8.46. The van der Waals surface area contributed by atoms with Crippen LogP contribution in [0.3, 0.4) is 0 Å².